The number of benzene rings is 2. The van der Waals surface area contributed by atoms with E-state index < -0.39 is 12.2 Å². The van der Waals surface area contributed by atoms with E-state index in [1.807, 2.05) is 37.3 Å². The fourth-order valence-corrected chi connectivity index (χ4v) is 2.50. The van der Waals surface area contributed by atoms with Crippen molar-refractivity contribution in [1.29, 1.82) is 0 Å². The van der Waals surface area contributed by atoms with Gasteiger partial charge in [-0.2, -0.15) is 0 Å². The smallest absolute Gasteiger partial charge is 0.412 e. The summed E-state index contributed by atoms with van der Waals surface area (Å²) in [5.74, 6) is 0.549. The predicted octanol–water partition coefficient (Wildman–Crippen LogP) is 3.43. The number of anilines is 1. The van der Waals surface area contributed by atoms with Crippen LogP contribution in [0.2, 0.25) is 0 Å². The molecule has 6 heteroatoms. The first kappa shape index (κ1) is 19.8. The molecule has 2 rings (SSSR count). The van der Waals surface area contributed by atoms with Crippen molar-refractivity contribution in [3.05, 3.63) is 59.7 Å². The van der Waals surface area contributed by atoms with Gasteiger partial charge in [0, 0.05) is 17.9 Å². The Labute approximate surface area is 153 Å². The van der Waals surface area contributed by atoms with Crippen LogP contribution in [-0.4, -0.2) is 36.1 Å². The molecule has 0 saturated heterocycles. The monoisotopic (exact) mass is 359 g/mol. The molecule has 6 nitrogen and oxygen atoms in total. The molecule has 2 aromatic carbocycles. The van der Waals surface area contributed by atoms with Crippen LogP contribution in [0.5, 0.6) is 5.75 Å². The van der Waals surface area contributed by atoms with Crippen LogP contribution in [0.15, 0.2) is 48.5 Å². The van der Waals surface area contributed by atoms with Gasteiger partial charge in [0.25, 0.3) is 0 Å². The first-order valence-electron chi connectivity index (χ1n) is 8.61. The Morgan fingerprint density at radius 1 is 1.08 bits per heavy atom. The number of hydrogen-bond donors (Lipinski definition) is 3. The first-order chi connectivity index (χ1) is 12.6. The molecule has 2 aromatic rings. The Balaban J connectivity index is 2.11. The van der Waals surface area contributed by atoms with Gasteiger partial charge in [-0.15, -0.1) is 0 Å². The summed E-state index contributed by atoms with van der Waals surface area (Å²) in [5, 5.41) is 20.8. The maximum absolute atomic E-state index is 12.3. The van der Waals surface area contributed by atoms with Crippen LogP contribution in [0.1, 0.15) is 30.1 Å². The Hall–Kier alpha value is -2.57. The summed E-state index contributed by atoms with van der Waals surface area (Å²) in [5.41, 5.74) is 2.44. The molecule has 3 N–H and O–H groups in total. The fourth-order valence-electron chi connectivity index (χ4n) is 2.50. The standard InChI is InChI=1S/C20H25NO5/c1-15-8-10-16(11-9-15)21-20(24)26-19(7-4-12-22)17-5-2-3-6-18(17)25-14-13-23/h2-3,5-6,8-11,19,22-23H,4,7,12-14H2,1H3,(H,21,24)/t19-/m1/s1. The van der Waals surface area contributed by atoms with E-state index in [4.69, 9.17) is 19.7 Å². The lowest BCUT2D eigenvalue weighted by molar-refractivity contribution is 0.0964. The molecule has 1 amide bonds. The van der Waals surface area contributed by atoms with Crippen molar-refractivity contribution in [2.75, 3.05) is 25.1 Å². The number of carbonyl (C=O) groups excluding carboxylic acids is 1. The molecule has 0 aromatic heterocycles. The fraction of sp³-hybridized carbons (Fsp3) is 0.350. The van der Waals surface area contributed by atoms with Crippen LogP contribution >= 0.6 is 0 Å². The van der Waals surface area contributed by atoms with Crippen molar-refractivity contribution in [2.24, 2.45) is 0 Å². The van der Waals surface area contributed by atoms with E-state index in [1.54, 1.807) is 18.2 Å². The molecule has 0 radical (unpaired) electrons. The van der Waals surface area contributed by atoms with Crippen LogP contribution in [-0.2, 0) is 4.74 Å². The number of aliphatic hydroxyl groups is 2. The van der Waals surface area contributed by atoms with Gasteiger partial charge < -0.3 is 19.7 Å². The number of aryl methyl sites for hydroxylation is 1. The van der Waals surface area contributed by atoms with E-state index >= 15 is 0 Å². The quantitative estimate of drug-likeness (QED) is 0.638. The second-order valence-corrected chi connectivity index (χ2v) is 5.86. The minimum absolute atomic E-state index is 0.000888. The van der Waals surface area contributed by atoms with E-state index in [9.17, 15) is 4.79 Å². The van der Waals surface area contributed by atoms with Crippen molar-refractivity contribution >= 4 is 11.8 Å². The minimum Gasteiger partial charge on any atom is -0.491 e. The highest BCUT2D eigenvalue weighted by Gasteiger charge is 2.20. The molecule has 0 aliphatic carbocycles. The van der Waals surface area contributed by atoms with Crippen molar-refractivity contribution in [1.82, 2.24) is 0 Å². The molecular formula is C20H25NO5. The highest BCUT2D eigenvalue weighted by molar-refractivity contribution is 5.84. The molecule has 0 fully saturated rings. The third kappa shape index (κ3) is 6.06. The van der Waals surface area contributed by atoms with Gasteiger partial charge in [0.2, 0.25) is 0 Å². The normalized spacial score (nSPS) is 11.7. The summed E-state index contributed by atoms with van der Waals surface area (Å²) in [6.45, 7) is 2.01. The molecule has 26 heavy (non-hydrogen) atoms. The lowest BCUT2D eigenvalue weighted by atomic mass is 10.0. The number of para-hydroxylation sites is 1. The Kier molecular flexibility index (Phi) is 7.92. The van der Waals surface area contributed by atoms with Gasteiger partial charge in [0.15, 0.2) is 0 Å². The van der Waals surface area contributed by atoms with E-state index in [-0.39, 0.29) is 19.8 Å². The molecule has 0 unspecified atom stereocenters. The summed E-state index contributed by atoms with van der Waals surface area (Å²) < 4.78 is 11.1. The van der Waals surface area contributed by atoms with Crippen LogP contribution in [0.3, 0.4) is 0 Å². The second-order valence-electron chi connectivity index (χ2n) is 5.86. The van der Waals surface area contributed by atoms with Crippen molar-refractivity contribution < 1.29 is 24.5 Å². The lowest BCUT2D eigenvalue weighted by Gasteiger charge is -2.21. The molecule has 0 spiro atoms. The highest BCUT2D eigenvalue weighted by Crippen LogP contribution is 2.31. The molecule has 0 heterocycles. The van der Waals surface area contributed by atoms with E-state index in [2.05, 4.69) is 5.32 Å². The van der Waals surface area contributed by atoms with Crippen LogP contribution < -0.4 is 10.1 Å². The minimum atomic E-state index is -0.575. The van der Waals surface area contributed by atoms with Crippen molar-refractivity contribution in [2.45, 2.75) is 25.9 Å². The maximum atomic E-state index is 12.3. The summed E-state index contributed by atoms with van der Waals surface area (Å²) in [7, 11) is 0. The Morgan fingerprint density at radius 3 is 2.50 bits per heavy atom. The second kappa shape index (κ2) is 10.4. The van der Waals surface area contributed by atoms with Crippen LogP contribution in [0.4, 0.5) is 10.5 Å². The zero-order valence-corrected chi connectivity index (χ0v) is 14.9. The van der Waals surface area contributed by atoms with Gasteiger partial charge in [-0.3, -0.25) is 5.32 Å². The number of hydrogen-bond acceptors (Lipinski definition) is 5. The third-order valence-electron chi connectivity index (χ3n) is 3.79. The molecule has 0 saturated carbocycles. The number of amides is 1. The Bertz CT molecular complexity index is 687. The van der Waals surface area contributed by atoms with E-state index in [1.165, 1.54) is 0 Å². The van der Waals surface area contributed by atoms with Crippen LogP contribution in [0.25, 0.3) is 0 Å². The summed E-state index contributed by atoms with van der Waals surface area (Å²) in [6, 6.07) is 14.6. The number of aliphatic hydroxyl groups excluding tert-OH is 2. The van der Waals surface area contributed by atoms with Gasteiger partial charge >= 0.3 is 6.09 Å². The van der Waals surface area contributed by atoms with E-state index in [0.717, 1.165) is 5.56 Å². The number of nitrogens with one attached hydrogen (secondary N) is 1. The largest absolute Gasteiger partial charge is 0.491 e. The molecule has 140 valence electrons. The molecular weight excluding hydrogens is 334 g/mol. The average molecular weight is 359 g/mol. The van der Waals surface area contributed by atoms with Gasteiger partial charge in [0.1, 0.15) is 18.5 Å². The van der Waals surface area contributed by atoms with Crippen molar-refractivity contribution in [3.63, 3.8) is 0 Å². The summed E-state index contributed by atoms with van der Waals surface area (Å²) in [4.78, 5) is 12.3. The zero-order chi connectivity index (χ0) is 18.8. The third-order valence-corrected chi connectivity index (χ3v) is 3.79. The molecule has 1 atom stereocenters. The van der Waals surface area contributed by atoms with Gasteiger partial charge in [-0.25, -0.2) is 4.79 Å². The lowest BCUT2D eigenvalue weighted by Crippen LogP contribution is -2.18. The molecule has 0 bridgehead atoms. The maximum Gasteiger partial charge on any atom is 0.412 e. The topological polar surface area (TPSA) is 88.0 Å². The van der Waals surface area contributed by atoms with Gasteiger partial charge in [-0.1, -0.05) is 35.9 Å². The number of carbonyl (C=O) groups is 1. The number of rotatable bonds is 9. The highest BCUT2D eigenvalue weighted by atomic mass is 16.6. The summed E-state index contributed by atoms with van der Waals surface area (Å²) in [6.07, 6.45) is -0.204. The van der Waals surface area contributed by atoms with Crippen molar-refractivity contribution in [3.8, 4) is 5.75 Å². The molecule has 0 aliphatic heterocycles. The van der Waals surface area contributed by atoms with Gasteiger partial charge in [0.05, 0.1) is 6.61 Å². The summed E-state index contributed by atoms with van der Waals surface area (Å²) >= 11 is 0. The van der Waals surface area contributed by atoms with Crippen LogP contribution in [0, 0.1) is 6.92 Å². The Morgan fingerprint density at radius 2 is 1.81 bits per heavy atom. The average Bonchev–Trinajstić information content (AvgIpc) is 2.65. The van der Waals surface area contributed by atoms with Gasteiger partial charge in [-0.05, 0) is 38.0 Å². The SMILES string of the molecule is Cc1ccc(NC(=O)O[C@H](CCCO)c2ccccc2OCCO)cc1. The predicted molar refractivity (Wildman–Crippen MR) is 99.4 cm³/mol. The van der Waals surface area contributed by atoms with E-state index in [0.29, 0.717) is 29.8 Å². The molecule has 0 aliphatic rings. The first-order valence-corrected chi connectivity index (χ1v) is 8.61. The zero-order valence-electron chi connectivity index (χ0n) is 14.9. The number of ether oxygens (including phenoxy) is 2.